The number of pyridine rings is 1. The molecule has 3 rings (SSSR count). The molecule has 1 saturated carbocycles. The first-order chi connectivity index (χ1) is 17.3. The van der Waals surface area contributed by atoms with Gasteiger partial charge in [-0.2, -0.15) is 13.9 Å². The highest BCUT2D eigenvalue weighted by Crippen LogP contribution is 2.37. The molecule has 2 aromatic heterocycles. The monoisotopic (exact) mass is 528 g/mol. The normalized spacial score (nSPS) is 20.5. The Morgan fingerprint density at radius 1 is 1.30 bits per heavy atom. The van der Waals surface area contributed by atoms with Gasteiger partial charge in [-0.05, 0) is 45.4 Å². The summed E-state index contributed by atoms with van der Waals surface area (Å²) in [6, 6.07) is 1.23. The molecule has 0 aromatic carbocycles. The molecule has 0 aliphatic heterocycles. The Labute approximate surface area is 214 Å². The van der Waals surface area contributed by atoms with E-state index in [0.29, 0.717) is 36.6 Å². The number of aryl methyl sites for hydroxylation is 1. The lowest BCUT2D eigenvalue weighted by atomic mass is 9.79. The van der Waals surface area contributed by atoms with Crippen LogP contribution < -0.4 is 10.1 Å². The van der Waals surface area contributed by atoms with Crippen molar-refractivity contribution in [3.8, 4) is 17.0 Å². The third-order valence-corrected chi connectivity index (χ3v) is 7.11. The third kappa shape index (κ3) is 6.80. The van der Waals surface area contributed by atoms with E-state index in [0.717, 1.165) is 12.8 Å². The van der Waals surface area contributed by atoms with Crippen LogP contribution in [0.2, 0.25) is 0 Å². The molecule has 0 bridgehead atoms. The highest BCUT2D eigenvalue weighted by molar-refractivity contribution is 5.95. The first-order valence-electron chi connectivity index (χ1n) is 12.6. The molecule has 0 saturated heterocycles. The highest BCUT2D eigenvalue weighted by Gasteiger charge is 2.34. The first-order valence-corrected chi connectivity index (χ1v) is 12.6. The van der Waals surface area contributed by atoms with Gasteiger partial charge in [-0.15, -0.1) is 0 Å². The molecule has 2 heterocycles. The third-order valence-electron chi connectivity index (χ3n) is 7.11. The Morgan fingerprint density at radius 2 is 1.95 bits per heavy atom. The second-order valence-corrected chi connectivity index (χ2v) is 10.7. The molecule has 1 aliphatic rings. The predicted molar refractivity (Wildman–Crippen MR) is 131 cm³/mol. The molecule has 7 nitrogen and oxygen atoms in total. The van der Waals surface area contributed by atoms with Crippen molar-refractivity contribution in [2.45, 2.75) is 91.9 Å². The second-order valence-electron chi connectivity index (χ2n) is 10.7. The van der Waals surface area contributed by atoms with Crippen molar-refractivity contribution in [3.05, 3.63) is 29.2 Å². The van der Waals surface area contributed by atoms with Crippen molar-refractivity contribution in [2.75, 3.05) is 6.54 Å². The van der Waals surface area contributed by atoms with Gasteiger partial charge in [-0.1, -0.05) is 20.8 Å². The summed E-state index contributed by atoms with van der Waals surface area (Å²) in [5, 5.41) is 18.0. The van der Waals surface area contributed by atoms with Crippen LogP contribution in [0, 0.1) is 18.3 Å². The van der Waals surface area contributed by atoms with Crippen molar-refractivity contribution in [3.63, 3.8) is 0 Å². The summed E-state index contributed by atoms with van der Waals surface area (Å²) >= 11 is 0. The number of amides is 1. The Bertz CT molecular complexity index is 1100. The molecule has 0 radical (unpaired) electrons. The molecular formula is C26H36F4N4O3. The summed E-state index contributed by atoms with van der Waals surface area (Å²) in [6.45, 7) is 5.54. The van der Waals surface area contributed by atoms with Crippen LogP contribution in [0.4, 0.5) is 17.6 Å². The fourth-order valence-electron chi connectivity index (χ4n) is 4.63. The van der Waals surface area contributed by atoms with Gasteiger partial charge in [0.1, 0.15) is 5.75 Å². The van der Waals surface area contributed by atoms with Gasteiger partial charge in [0.25, 0.3) is 5.91 Å². The van der Waals surface area contributed by atoms with Gasteiger partial charge in [0, 0.05) is 48.4 Å². The number of aliphatic hydroxyl groups is 1. The number of aromatic nitrogens is 3. The van der Waals surface area contributed by atoms with Crippen LogP contribution in [0.15, 0.2) is 12.3 Å². The largest absolute Gasteiger partial charge is 0.434 e. The van der Waals surface area contributed by atoms with E-state index in [4.69, 9.17) is 4.74 Å². The SMILES string of the molecule is CCn1nc(C(=O)NCC2(O)CCC(C)CC2)c(C)c1-c1cnc(CC(C)(C)C(F)F)cc1OC(F)F. The molecule has 0 unspecified atom stereocenters. The van der Waals surface area contributed by atoms with Gasteiger partial charge in [0.15, 0.2) is 5.69 Å². The summed E-state index contributed by atoms with van der Waals surface area (Å²) < 4.78 is 59.6. The lowest BCUT2D eigenvalue weighted by Crippen LogP contribution is -2.45. The molecular weight excluding hydrogens is 492 g/mol. The van der Waals surface area contributed by atoms with Crippen LogP contribution in [0.5, 0.6) is 5.75 Å². The summed E-state index contributed by atoms with van der Waals surface area (Å²) in [5.74, 6) is -0.190. The molecule has 37 heavy (non-hydrogen) atoms. The van der Waals surface area contributed by atoms with Gasteiger partial charge in [0.2, 0.25) is 6.43 Å². The van der Waals surface area contributed by atoms with Crippen molar-refractivity contribution in [1.29, 1.82) is 0 Å². The van der Waals surface area contributed by atoms with Crippen LogP contribution in [0.25, 0.3) is 11.3 Å². The maximum atomic E-state index is 13.4. The Balaban J connectivity index is 1.92. The lowest BCUT2D eigenvalue weighted by molar-refractivity contribution is -0.0496. The van der Waals surface area contributed by atoms with Crippen LogP contribution >= 0.6 is 0 Å². The molecule has 206 valence electrons. The molecule has 11 heteroatoms. The van der Waals surface area contributed by atoms with Gasteiger partial charge >= 0.3 is 6.61 Å². The van der Waals surface area contributed by atoms with E-state index in [1.54, 1.807) is 13.8 Å². The molecule has 0 spiro atoms. The second kappa shape index (κ2) is 11.4. The maximum Gasteiger partial charge on any atom is 0.387 e. The number of hydrogen-bond donors (Lipinski definition) is 2. The minimum atomic E-state index is -3.16. The Morgan fingerprint density at radius 3 is 2.51 bits per heavy atom. The predicted octanol–water partition coefficient (Wildman–Crippen LogP) is 5.38. The van der Waals surface area contributed by atoms with Crippen LogP contribution in [-0.2, 0) is 13.0 Å². The molecule has 0 atom stereocenters. The average Bonchev–Trinajstić information content (AvgIpc) is 3.15. The zero-order chi connectivity index (χ0) is 27.5. The van der Waals surface area contributed by atoms with Crippen molar-refractivity contribution < 1.29 is 32.2 Å². The minimum absolute atomic E-state index is 0.0855. The summed E-state index contributed by atoms with van der Waals surface area (Å²) in [6.07, 6.45) is 1.46. The molecule has 1 aliphatic carbocycles. The molecule has 2 aromatic rings. The standard InChI is InChI=1S/C26H36F4N4O3/c1-6-34-21(16(3)20(33-34)22(35)32-14-26(36)9-7-15(2)8-10-26)18-13-31-17(11-19(18)37-24(29)30)12-25(4,5)23(27)28/h11,13,15,23-24,36H,6-10,12,14H2,1-5H3,(H,32,35). The fraction of sp³-hybridized carbons (Fsp3) is 0.654. The van der Waals surface area contributed by atoms with Crippen molar-refractivity contribution >= 4 is 5.91 Å². The lowest BCUT2D eigenvalue weighted by Gasteiger charge is -2.34. The number of carbonyl (C=O) groups excluding carboxylic acids is 1. The van der Waals surface area contributed by atoms with Crippen LogP contribution in [-0.4, -0.2) is 51.0 Å². The fourth-order valence-corrected chi connectivity index (χ4v) is 4.63. The number of hydrogen-bond acceptors (Lipinski definition) is 5. The van der Waals surface area contributed by atoms with Crippen LogP contribution in [0.3, 0.4) is 0 Å². The van der Waals surface area contributed by atoms with Gasteiger partial charge in [-0.25, -0.2) is 8.78 Å². The number of halogens is 4. The Kier molecular flexibility index (Phi) is 8.87. The topological polar surface area (TPSA) is 89.3 Å². The van der Waals surface area contributed by atoms with Crippen molar-refractivity contribution in [1.82, 2.24) is 20.1 Å². The summed E-state index contributed by atoms with van der Waals surface area (Å²) in [7, 11) is 0. The zero-order valence-corrected chi connectivity index (χ0v) is 22.0. The van der Waals surface area contributed by atoms with E-state index in [1.807, 2.05) is 0 Å². The minimum Gasteiger partial charge on any atom is -0.434 e. The Hall–Kier alpha value is -2.69. The van der Waals surface area contributed by atoms with E-state index in [-0.39, 0.29) is 35.7 Å². The quantitative estimate of drug-likeness (QED) is 0.404. The number of ether oxygens (including phenoxy) is 1. The van der Waals surface area contributed by atoms with Crippen LogP contribution in [0.1, 0.15) is 75.1 Å². The smallest absolute Gasteiger partial charge is 0.387 e. The van der Waals surface area contributed by atoms with Gasteiger partial charge in [0.05, 0.1) is 16.9 Å². The number of carbonyl (C=O) groups is 1. The average molecular weight is 529 g/mol. The highest BCUT2D eigenvalue weighted by atomic mass is 19.3. The number of rotatable bonds is 10. The molecule has 1 amide bonds. The maximum absolute atomic E-state index is 13.4. The summed E-state index contributed by atoms with van der Waals surface area (Å²) in [5.41, 5.74) is -1.16. The first kappa shape index (κ1) is 28.9. The van der Waals surface area contributed by atoms with Crippen molar-refractivity contribution in [2.24, 2.45) is 11.3 Å². The van der Waals surface area contributed by atoms with E-state index in [2.05, 4.69) is 22.3 Å². The number of nitrogens with one attached hydrogen (secondary N) is 1. The number of alkyl halides is 4. The van der Waals surface area contributed by atoms with E-state index >= 15 is 0 Å². The number of nitrogens with zero attached hydrogens (tertiary/aromatic N) is 3. The molecule has 2 N–H and O–H groups in total. The van der Waals surface area contributed by atoms with Gasteiger partial charge in [-0.3, -0.25) is 14.5 Å². The summed E-state index contributed by atoms with van der Waals surface area (Å²) in [4.78, 5) is 17.3. The van der Waals surface area contributed by atoms with E-state index in [1.165, 1.54) is 30.8 Å². The van der Waals surface area contributed by atoms with E-state index in [9.17, 15) is 27.5 Å². The van der Waals surface area contributed by atoms with E-state index < -0.39 is 30.0 Å². The zero-order valence-electron chi connectivity index (χ0n) is 22.0. The van der Waals surface area contributed by atoms with Gasteiger partial charge < -0.3 is 15.2 Å². The molecule has 1 fully saturated rings.